The largest absolute Gasteiger partial charge is 0.502 e. The lowest BCUT2D eigenvalue weighted by molar-refractivity contribution is 0.0411. The molecule has 24 heavy (non-hydrogen) atoms. The average Bonchev–Trinajstić information content (AvgIpc) is 3.10. The maximum atomic E-state index is 6.21. The summed E-state index contributed by atoms with van der Waals surface area (Å²) < 4.78 is 18.5. The van der Waals surface area contributed by atoms with Crippen LogP contribution in [0.3, 0.4) is 0 Å². The average molecular weight is 358 g/mol. The Balaban J connectivity index is 1.55. The fraction of sp³-hybridized carbons (Fsp3) is 0.368. The van der Waals surface area contributed by atoms with Gasteiger partial charge in [0, 0.05) is 6.04 Å². The van der Waals surface area contributed by atoms with E-state index in [4.69, 9.17) is 13.3 Å². The highest BCUT2D eigenvalue weighted by Crippen LogP contribution is 2.43. The van der Waals surface area contributed by atoms with Crippen LogP contribution in [0.25, 0.3) is 0 Å². The summed E-state index contributed by atoms with van der Waals surface area (Å²) in [5, 5.41) is 2.80. The molecule has 2 saturated heterocycles. The highest BCUT2D eigenvalue weighted by atomic mass is 31.1. The molecule has 2 heterocycles. The third-order valence-corrected chi connectivity index (χ3v) is 10.6. The lowest BCUT2D eigenvalue weighted by atomic mass is 10.1. The van der Waals surface area contributed by atoms with Gasteiger partial charge in [0.15, 0.2) is 0 Å². The Kier molecular flexibility index (Phi) is 4.59. The molecule has 5 heteroatoms. The molecule has 0 N–H and O–H groups in total. The predicted octanol–water partition coefficient (Wildman–Crippen LogP) is 3.28. The molecule has 126 valence electrons. The molecule has 0 aromatic heterocycles. The van der Waals surface area contributed by atoms with Gasteiger partial charge in [-0.3, -0.25) is 0 Å². The summed E-state index contributed by atoms with van der Waals surface area (Å²) in [6, 6.07) is 22.5. The molecular formula is C19H23O3PSi. The van der Waals surface area contributed by atoms with E-state index in [0.29, 0.717) is 0 Å². The van der Waals surface area contributed by atoms with Gasteiger partial charge in [-0.25, -0.2) is 0 Å². The summed E-state index contributed by atoms with van der Waals surface area (Å²) in [5.41, 5.74) is 0. The molecule has 2 aliphatic rings. The minimum absolute atomic E-state index is 0.122. The first-order chi connectivity index (χ1) is 11.7. The Bertz CT molecular complexity index is 630. The van der Waals surface area contributed by atoms with Crippen molar-refractivity contribution >= 4 is 27.3 Å². The Hall–Kier alpha value is -1.03. The van der Waals surface area contributed by atoms with Crippen molar-refractivity contribution in [2.75, 3.05) is 6.16 Å². The zero-order chi connectivity index (χ0) is 16.6. The zero-order valence-corrected chi connectivity index (χ0v) is 16.0. The van der Waals surface area contributed by atoms with Gasteiger partial charge in [0.1, 0.15) is 0 Å². The van der Waals surface area contributed by atoms with Crippen LogP contribution < -0.4 is 10.6 Å². The second kappa shape index (κ2) is 6.70. The number of hydrogen-bond acceptors (Lipinski definition) is 3. The zero-order valence-electron chi connectivity index (χ0n) is 14.1. The SMILES string of the molecule is C[C@@H]1O[Si]2(CCP(c3ccccc3)c3ccccc3)O[C@@H]1[C@@H](C)O2. The molecule has 2 aliphatic heterocycles. The van der Waals surface area contributed by atoms with Crippen LogP contribution in [0.1, 0.15) is 13.8 Å². The highest BCUT2D eigenvalue weighted by molar-refractivity contribution is 7.73. The van der Waals surface area contributed by atoms with Crippen molar-refractivity contribution in [2.24, 2.45) is 0 Å². The third kappa shape index (κ3) is 3.10. The van der Waals surface area contributed by atoms with Gasteiger partial charge in [0.25, 0.3) is 0 Å². The molecule has 0 amide bonds. The molecule has 2 fully saturated rings. The first kappa shape index (κ1) is 16.4. The number of hydrogen-bond donors (Lipinski definition) is 0. The van der Waals surface area contributed by atoms with Gasteiger partial charge < -0.3 is 13.3 Å². The Morgan fingerprint density at radius 2 is 1.29 bits per heavy atom. The summed E-state index contributed by atoms with van der Waals surface area (Å²) >= 11 is 0. The molecule has 0 aliphatic carbocycles. The van der Waals surface area contributed by atoms with Gasteiger partial charge >= 0.3 is 8.80 Å². The lowest BCUT2D eigenvalue weighted by Crippen LogP contribution is -2.44. The van der Waals surface area contributed by atoms with E-state index in [0.717, 1.165) is 12.2 Å². The van der Waals surface area contributed by atoms with Crippen molar-refractivity contribution in [3.63, 3.8) is 0 Å². The summed E-state index contributed by atoms with van der Waals surface area (Å²) in [4.78, 5) is 0. The molecule has 0 radical (unpaired) electrons. The third-order valence-electron chi connectivity index (χ3n) is 4.75. The van der Waals surface area contributed by atoms with Crippen LogP contribution in [0, 0.1) is 0 Å². The minimum atomic E-state index is -2.47. The Labute approximate surface area is 146 Å². The fourth-order valence-corrected chi connectivity index (χ4v) is 10.2. The predicted molar refractivity (Wildman–Crippen MR) is 100 cm³/mol. The number of rotatable bonds is 5. The van der Waals surface area contributed by atoms with E-state index in [1.54, 1.807) is 0 Å². The van der Waals surface area contributed by atoms with Crippen molar-refractivity contribution in [1.29, 1.82) is 0 Å². The number of benzene rings is 2. The van der Waals surface area contributed by atoms with Crippen molar-refractivity contribution in [1.82, 2.24) is 0 Å². The van der Waals surface area contributed by atoms with Gasteiger partial charge in [-0.2, -0.15) is 0 Å². The fourth-order valence-electron chi connectivity index (χ4n) is 3.61. The van der Waals surface area contributed by atoms with E-state index in [1.807, 2.05) is 0 Å². The first-order valence-electron chi connectivity index (χ1n) is 8.58. The Morgan fingerprint density at radius 1 is 0.792 bits per heavy atom. The van der Waals surface area contributed by atoms with Crippen molar-refractivity contribution in [3.8, 4) is 0 Å². The maximum absolute atomic E-state index is 6.21. The molecular weight excluding hydrogens is 335 g/mol. The van der Waals surface area contributed by atoms with Crippen LogP contribution in [0.2, 0.25) is 6.04 Å². The van der Waals surface area contributed by atoms with Crippen LogP contribution >= 0.6 is 7.92 Å². The van der Waals surface area contributed by atoms with Crippen LogP contribution in [-0.2, 0) is 13.3 Å². The maximum Gasteiger partial charge on any atom is 0.502 e. The highest BCUT2D eigenvalue weighted by Gasteiger charge is 2.61. The number of fused-ring (bicyclic) bond motifs is 2. The topological polar surface area (TPSA) is 27.7 Å². The normalized spacial score (nSPS) is 31.7. The minimum Gasteiger partial charge on any atom is -0.368 e. The van der Waals surface area contributed by atoms with Crippen LogP contribution in [0.5, 0.6) is 0 Å². The summed E-state index contributed by atoms with van der Waals surface area (Å²) in [7, 11) is -2.89. The molecule has 1 unspecified atom stereocenters. The van der Waals surface area contributed by atoms with Gasteiger partial charge in [-0.05, 0) is 38.5 Å². The Morgan fingerprint density at radius 3 is 1.75 bits per heavy atom. The van der Waals surface area contributed by atoms with E-state index in [9.17, 15) is 0 Å². The van der Waals surface area contributed by atoms with E-state index >= 15 is 0 Å². The summed E-state index contributed by atoms with van der Waals surface area (Å²) in [6.07, 6.45) is 1.50. The standard InChI is InChI=1S/C19H23O3PSi/c1-15-19-16(2)21-24(20-15,22-19)14-13-23(17-9-5-3-6-10-17)18-11-7-4-8-12-18/h3-12,15-16,19H,13-14H2,1-2H3/t15-,16+,19-,24?. The van der Waals surface area contributed by atoms with Crippen LogP contribution in [0.15, 0.2) is 60.7 Å². The van der Waals surface area contributed by atoms with Crippen molar-refractivity contribution in [2.45, 2.75) is 38.2 Å². The quantitative estimate of drug-likeness (QED) is 0.606. The second-order valence-corrected chi connectivity index (χ2v) is 11.4. The van der Waals surface area contributed by atoms with Gasteiger partial charge in [0.05, 0.1) is 18.3 Å². The first-order valence-corrected chi connectivity index (χ1v) is 12.0. The van der Waals surface area contributed by atoms with Crippen LogP contribution in [-0.4, -0.2) is 33.3 Å². The molecule has 0 saturated carbocycles. The lowest BCUT2D eigenvalue weighted by Gasteiger charge is -2.28. The molecule has 2 aromatic rings. The molecule has 0 spiro atoms. The van der Waals surface area contributed by atoms with Crippen LogP contribution in [0.4, 0.5) is 0 Å². The molecule has 2 aromatic carbocycles. The monoisotopic (exact) mass is 358 g/mol. The molecule has 3 nitrogen and oxygen atoms in total. The van der Waals surface area contributed by atoms with Crippen molar-refractivity contribution < 1.29 is 13.3 Å². The van der Waals surface area contributed by atoms with E-state index in [2.05, 4.69) is 74.5 Å². The van der Waals surface area contributed by atoms with Gasteiger partial charge in [-0.15, -0.1) is 0 Å². The summed E-state index contributed by atoms with van der Waals surface area (Å²) in [6.45, 7) is 4.21. The van der Waals surface area contributed by atoms with E-state index < -0.39 is 16.7 Å². The van der Waals surface area contributed by atoms with Crippen molar-refractivity contribution in [3.05, 3.63) is 60.7 Å². The smallest absolute Gasteiger partial charge is 0.368 e. The van der Waals surface area contributed by atoms with Gasteiger partial charge in [0.2, 0.25) is 0 Å². The van der Waals surface area contributed by atoms with E-state index in [1.165, 1.54) is 10.6 Å². The molecule has 4 rings (SSSR count). The van der Waals surface area contributed by atoms with Gasteiger partial charge in [-0.1, -0.05) is 60.7 Å². The summed E-state index contributed by atoms with van der Waals surface area (Å²) in [5.74, 6) is 0. The second-order valence-electron chi connectivity index (χ2n) is 6.48. The molecule has 2 bridgehead atoms. The van der Waals surface area contributed by atoms with E-state index in [-0.39, 0.29) is 18.3 Å². The molecule has 4 atom stereocenters.